The van der Waals surface area contributed by atoms with Gasteiger partial charge in [0.15, 0.2) is 6.10 Å². The van der Waals surface area contributed by atoms with Crippen molar-refractivity contribution < 1.29 is 23.5 Å². The number of nitrogens with one attached hydrogen (secondary N) is 1. The fraction of sp³-hybridized carbons (Fsp3) is 0.133. The molecule has 0 fully saturated rings. The number of carbonyl (C=O) groups excluding carboxylic acids is 3. The molecule has 3 N–H and O–H groups in total. The summed E-state index contributed by atoms with van der Waals surface area (Å²) in [4.78, 5) is 35.2. The Labute approximate surface area is 145 Å². The molecular weight excluding hydrogens is 359 g/mol. The second kappa shape index (κ2) is 7.41. The zero-order chi connectivity index (χ0) is 17.9. The number of benzene rings is 1. The van der Waals surface area contributed by atoms with Gasteiger partial charge in [0.1, 0.15) is 16.4 Å². The molecule has 1 heterocycles. The fourth-order valence-electron chi connectivity index (χ4n) is 1.78. The molecule has 1 aromatic heterocycles. The lowest BCUT2D eigenvalue weighted by molar-refractivity contribution is -0.123. The van der Waals surface area contributed by atoms with E-state index in [4.69, 9.17) is 22.1 Å². The maximum absolute atomic E-state index is 13.7. The normalized spacial score (nSPS) is 11.6. The summed E-state index contributed by atoms with van der Waals surface area (Å²) in [6, 6.07) is 5.18. The van der Waals surface area contributed by atoms with Gasteiger partial charge in [-0.05, 0) is 30.5 Å². The molecule has 126 valence electrons. The number of halogens is 2. The molecule has 0 aliphatic carbocycles. The predicted molar refractivity (Wildman–Crippen MR) is 87.8 cm³/mol. The Balaban J connectivity index is 2.07. The van der Waals surface area contributed by atoms with E-state index in [1.54, 1.807) is 5.38 Å². The summed E-state index contributed by atoms with van der Waals surface area (Å²) in [5.74, 6) is -3.31. The molecule has 2 amide bonds. The van der Waals surface area contributed by atoms with Gasteiger partial charge in [0.2, 0.25) is 0 Å². The molecule has 1 aromatic carbocycles. The summed E-state index contributed by atoms with van der Waals surface area (Å²) in [6.07, 6.45) is -1.24. The Kier molecular flexibility index (Phi) is 5.53. The van der Waals surface area contributed by atoms with Gasteiger partial charge in [-0.1, -0.05) is 17.7 Å². The number of anilines is 1. The molecule has 0 unspecified atom stereocenters. The number of ether oxygens (including phenoxy) is 1. The quantitative estimate of drug-likeness (QED) is 0.790. The third kappa shape index (κ3) is 3.90. The van der Waals surface area contributed by atoms with E-state index in [1.807, 2.05) is 0 Å². The van der Waals surface area contributed by atoms with Crippen LogP contribution in [-0.2, 0) is 9.53 Å². The number of thiophene rings is 1. The predicted octanol–water partition coefficient (Wildman–Crippen LogP) is 2.82. The number of rotatable bonds is 5. The lowest BCUT2D eigenvalue weighted by Crippen LogP contribution is -2.30. The van der Waals surface area contributed by atoms with E-state index in [9.17, 15) is 18.8 Å². The maximum Gasteiger partial charge on any atom is 0.343 e. The van der Waals surface area contributed by atoms with Gasteiger partial charge in [0.05, 0.1) is 10.6 Å². The SMILES string of the molecule is C[C@@H](OC(=O)c1c(F)cccc1Cl)C(=O)Nc1sccc1C(N)=O. The summed E-state index contributed by atoms with van der Waals surface area (Å²) in [6.45, 7) is 1.31. The summed E-state index contributed by atoms with van der Waals surface area (Å²) < 4.78 is 18.6. The van der Waals surface area contributed by atoms with Crippen LogP contribution in [0.1, 0.15) is 27.6 Å². The molecule has 24 heavy (non-hydrogen) atoms. The van der Waals surface area contributed by atoms with Crippen molar-refractivity contribution in [3.8, 4) is 0 Å². The Morgan fingerprint density at radius 1 is 1.33 bits per heavy atom. The van der Waals surface area contributed by atoms with E-state index in [0.717, 1.165) is 17.4 Å². The molecule has 0 spiro atoms. The van der Waals surface area contributed by atoms with Gasteiger partial charge in [-0.3, -0.25) is 9.59 Å². The molecule has 2 aromatic rings. The second-order valence-corrected chi connectivity index (χ2v) is 5.98. The molecule has 0 bridgehead atoms. The van der Waals surface area contributed by atoms with Crippen molar-refractivity contribution in [1.29, 1.82) is 0 Å². The highest BCUT2D eigenvalue weighted by molar-refractivity contribution is 7.14. The maximum atomic E-state index is 13.7. The average molecular weight is 371 g/mol. The smallest absolute Gasteiger partial charge is 0.343 e. The molecule has 0 aliphatic heterocycles. The standard InChI is InChI=1S/C15H12ClFN2O4S/c1-7(13(21)19-14-8(12(18)20)5-6-24-14)23-15(22)11-9(16)3-2-4-10(11)17/h2-7H,1H3,(H2,18,20)(H,19,21)/t7-/m1/s1. The number of carbonyl (C=O) groups is 3. The molecular formula is C15H12ClFN2O4S. The molecule has 0 radical (unpaired) electrons. The number of amides is 2. The molecule has 9 heteroatoms. The number of esters is 1. The van der Waals surface area contributed by atoms with E-state index < -0.39 is 35.3 Å². The van der Waals surface area contributed by atoms with Gasteiger partial charge in [0.25, 0.3) is 11.8 Å². The molecule has 1 atom stereocenters. The third-order valence-corrected chi connectivity index (χ3v) is 4.13. The second-order valence-electron chi connectivity index (χ2n) is 4.66. The van der Waals surface area contributed by atoms with E-state index in [1.165, 1.54) is 25.1 Å². The monoisotopic (exact) mass is 370 g/mol. The zero-order valence-corrected chi connectivity index (χ0v) is 13.9. The Bertz CT molecular complexity index is 788. The molecule has 6 nitrogen and oxygen atoms in total. The molecule has 0 saturated carbocycles. The topological polar surface area (TPSA) is 98.5 Å². The van der Waals surface area contributed by atoms with Crippen LogP contribution in [0.15, 0.2) is 29.6 Å². The minimum absolute atomic E-state index is 0.123. The number of hydrogen-bond acceptors (Lipinski definition) is 5. The highest BCUT2D eigenvalue weighted by Gasteiger charge is 2.24. The van der Waals surface area contributed by atoms with E-state index >= 15 is 0 Å². The van der Waals surface area contributed by atoms with Crippen LogP contribution in [0.4, 0.5) is 9.39 Å². The molecule has 2 rings (SSSR count). The summed E-state index contributed by atoms with van der Waals surface area (Å²) >= 11 is 6.86. The van der Waals surface area contributed by atoms with Crippen LogP contribution in [0.3, 0.4) is 0 Å². The van der Waals surface area contributed by atoms with E-state index in [-0.39, 0.29) is 15.6 Å². The summed E-state index contributed by atoms with van der Waals surface area (Å²) in [7, 11) is 0. The number of hydrogen-bond donors (Lipinski definition) is 2. The van der Waals surface area contributed by atoms with Crippen molar-refractivity contribution in [2.24, 2.45) is 5.73 Å². The van der Waals surface area contributed by atoms with Crippen molar-refractivity contribution >= 4 is 45.7 Å². The zero-order valence-electron chi connectivity index (χ0n) is 12.3. The van der Waals surface area contributed by atoms with Crippen LogP contribution in [0.2, 0.25) is 5.02 Å². The first-order valence-corrected chi connectivity index (χ1v) is 7.90. The minimum atomic E-state index is -1.24. The molecule has 0 aliphatic rings. The highest BCUT2D eigenvalue weighted by atomic mass is 35.5. The van der Waals surface area contributed by atoms with Gasteiger partial charge in [-0.2, -0.15) is 0 Å². The van der Waals surface area contributed by atoms with E-state index in [2.05, 4.69) is 5.32 Å². The Hall–Kier alpha value is -2.45. The lowest BCUT2D eigenvalue weighted by atomic mass is 10.2. The van der Waals surface area contributed by atoms with Crippen LogP contribution in [-0.4, -0.2) is 23.9 Å². The van der Waals surface area contributed by atoms with Crippen LogP contribution in [0.5, 0.6) is 0 Å². The average Bonchev–Trinajstić information content (AvgIpc) is 2.95. The highest BCUT2D eigenvalue weighted by Crippen LogP contribution is 2.24. The van der Waals surface area contributed by atoms with Crippen molar-refractivity contribution in [3.63, 3.8) is 0 Å². The van der Waals surface area contributed by atoms with E-state index in [0.29, 0.717) is 0 Å². The first kappa shape index (κ1) is 17.9. The minimum Gasteiger partial charge on any atom is -0.449 e. The van der Waals surface area contributed by atoms with Gasteiger partial charge >= 0.3 is 5.97 Å². The van der Waals surface area contributed by atoms with Crippen LogP contribution < -0.4 is 11.1 Å². The fourth-order valence-corrected chi connectivity index (χ4v) is 2.81. The lowest BCUT2D eigenvalue weighted by Gasteiger charge is -2.14. The van der Waals surface area contributed by atoms with Crippen LogP contribution >= 0.6 is 22.9 Å². The van der Waals surface area contributed by atoms with Crippen LogP contribution in [0, 0.1) is 5.82 Å². The van der Waals surface area contributed by atoms with Crippen molar-refractivity contribution in [2.45, 2.75) is 13.0 Å². The number of nitrogens with two attached hydrogens (primary N) is 1. The van der Waals surface area contributed by atoms with Gasteiger partial charge < -0.3 is 15.8 Å². The van der Waals surface area contributed by atoms with Crippen molar-refractivity contribution in [1.82, 2.24) is 0 Å². The van der Waals surface area contributed by atoms with Gasteiger partial charge in [-0.15, -0.1) is 11.3 Å². The molecule has 0 saturated heterocycles. The van der Waals surface area contributed by atoms with Gasteiger partial charge in [-0.25, -0.2) is 9.18 Å². The summed E-state index contributed by atoms with van der Waals surface area (Å²) in [5, 5.41) is 4.12. The third-order valence-electron chi connectivity index (χ3n) is 2.99. The van der Waals surface area contributed by atoms with Crippen LogP contribution in [0.25, 0.3) is 0 Å². The Morgan fingerprint density at radius 2 is 2.04 bits per heavy atom. The number of primary amides is 1. The first-order chi connectivity index (χ1) is 11.3. The summed E-state index contributed by atoms with van der Waals surface area (Å²) in [5.41, 5.74) is 4.87. The van der Waals surface area contributed by atoms with Gasteiger partial charge in [0, 0.05) is 0 Å². The van der Waals surface area contributed by atoms with Crippen molar-refractivity contribution in [2.75, 3.05) is 5.32 Å². The largest absolute Gasteiger partial charge is 0.449 e. The Morgan fingerprint density at radius 3 is 2.67 bits per heavy atom. The van der Waals surface area contributed by atoms with Crippen molar-refractivity contribution in [3.05, 3.63) is 51.6 Å². The first-order valence-electron chi connectivity index (χ1n) is 6.64.